The van der Waals surface area contributed by atoms with Crippen molar-refractivity contribution in [2.24, 2.45) is 0 Å². The summed E-state index contributed by atoms with van der Waals surface area (Å²) in [5, 5.41) is 0.802. The Balaban J connectivity index is 1.81. The van der Waals surface area contributed by atoms with Crippen molar-refractivity contribution < 1.29 is 0 Å². The molecule has 0 N–H and O–H groups in total. The van der Waals surface area contributed by atoms with Gasteiger partial charge in [-0.1, -0.05) is 18.0 Å². The van der Waals surface area contributed by atoms with Crippen LogP contribution in [0, 0.1) is 0 Å². The van der Waals surface area contributed by atoms with Crippen molar-refractivity contribution in [3.8, 4) is 0 Å². The number of nitrogens with zero attached hydrogens (tertiary/aromatic N) is 2. The lowest BCUT2D eigenvalue weighted by Crippen LogP contribution is -2.58. The molecule has 0 aromatic heterocycles. The summed E-state index contributed by atoms with van der Waals surface area (Å²) < 4.78 is 0.974. The lowest BCUT2D eigenvalue weighted by atomic mass is 9.96. The van der Waals surface area contributed by atoms with Gasteiger partial charge in [-0.15, -0.1) is 0 Å². The number of hydrogen-bond acceptors (Lipinski definition) is 2. The maximum atomic E-state index is 6.23. The molecule has 2 saturated heterocycles. The van der Waals surface area contributed by atoms with Gasteiger partial charge in [-0.2, -0.15) is 0 Å². The van der Waals surface area contributed by atoms with Gasteiger partial charge in [0.05, 0.1) is 5.02 Å². The van der Waals surface area contributed by atoms with Crippen LogP contribution in [0.5, 0.6) is 0 Å². The van der Waals surface area contributed by atoms with Crippen LogP contribution < -0.4 is 4.90 Å². The second-order valence-electron chi connectivity index (χ2n) is 5.74. The fraction of sp³-hybridized carbons (Fsp3) is 0.600. The molecule has 1 aromatic rings. The molecule has 0 amide bonds. The van der Waals surface area contributed by atoms with Crippen LogP contribution in [-0.4, -0.2) is 36.6 Å². The van der Waals surface area contributed by atoms with E-state index < -0.39 is 0 Å². The third-order valence-electron chi connectivity index (χ3n) is 4.42. The maximum absolute atomic E-state index is 6.23. The normalized spacial score (nSPS) is 28.3. The molecule has 0 spiro atoms. The van der Waals surface area contributed by atoms with Crippen LogP contribution in [0.2, 0.25) is 5.02 Å². The molecule has 3 rings (SSSR count). The first-order chi connectivity index (χ1) is 9.15. The van der Waals surface area contributed by atoms with Gasteiger partial charge < -0.3 is 4.90 Å². The topological polar surface area (TPSA) is 6.48 Å². The molecular weight excluding hydrogens is 324 g/mol. The highest BCUT2D eigenvalue weighted by Crippen LogP contribution is 2.32. The predicted octanol–water partition coefficient (Wildman–Crippen LogP) is 4.17. The van der Waals surface area contributed by atoms with Crippen LogP contribution in [-0.2, 0) is 0 Å². The Bertz CT molecular complexity index is 465. The molecule has 0 bridgehead atoms. The predicted molar refractivity (Wildman–Crippen MR) is 85.2 cm³/mol. The molecule has 2 aliphatic rings. The summed E-state index contributed by atoms with van der Waals surface area (Å²) in [6, 6.07) is 7.60. The van der Waals surface area contributed by atoms with Crippen LogP contribution in [0.1, 0.15) is 26.2 Å². The van der Waals surface area contributed by atoms with E-state index in [1.54, 1.807) is 0 Å². The quantitative estimate of drug-likeness (QED) is 0.755. The Morgan fingerprint density at radius 3 is 2.89 bits per heavy atom. The first-order valence-corrected chi connectivity index (χ1v) is 8.28. The Kier molecular flexibility index (Phi) is 4.06. The van der Waals surface area contributed by atoms with Crippen molar-refractivity contribution in [2.45, 2.75) is 38.3 Å². The van der Waals surface area contributed by atoms with Crippen molar-refractivity contribution >= 4 is 33.2 Å². The minimum Gasteiger partial charge on any atom is -0.366 e. The maximum Gasteiger partial charge on any atom is 0.0568 e. The molecule has 2 unspecified atom stereocenters. The van der Waals surface area contributed by atoms with Crippen LogP contribution in [0.25, 0.3) is 0 Å². The van der Waals surface area contributed by atoms with E-state index >= 15 is 0 Å². The average molecular weight is 344 g/mol. The molecule has 2 atom stereocenters. The molecule has 0 saturated carbocycles. The van der Waals surface area contributed by atoms with Crippen LogP contribution >= 0.6 is 27.5 Å². The average Bonchev–Trinajstić information content (AvgIpc) is 2.41. The van der Waals surface area contributed by atoms with E-state index in [1.165, 1.54) is 38.0 Å². The van der Waals surface area contributed by atoms with Crippen LogP contribution in [0.15, 0.2) is 22.7 Å². The van der Waals surface area contributed by atoms with E-state index in [2.05, 4.69) is 50.9 Å². The number of piperazine rings is 1. The number of halogens is 2. The minimum atomic E-state index is 0.562. The van der Waals surface area contributed by atoms with E-state index in [0.717, 1.165) is 22.1 Å². The van der Waals surface area contributed by atoms with Crippen LogP contribution in [0.3, 0.4) is 0 Å². The Hall–Kier alpha value is -0.250. The molecule has 19 heavy (non-hydrogen) atoms. The van der Waals surface area contributed by atoms with Gasteiger partial charge >= 0.3 is 0 Å². The van der Waals surface area contributed by atoms with E-state index in [4.69, 9.17) is 11.6 Å². The SMILES string of the molecule is CC1CN2CCCCC2CN1c1ccc(Br)c(Cl)c1. The number of hydrogen-bond donors (Lipinski definition) is 0. The zero-order valence-electron chi connectivity index (χ0n) is 11.3. The lowest BCUT2D eigenvalue weighted by molar-refractivity contribution is 0.115. The summed E-state index contributed by atoms with van der Waals surface area (Å²) in [6.07, 6.45) is 4.09. The molecule has 2 fully saturated rings. The van der Waals surface area contributed by atoms with Gasteiger partial charge in [0.25, 0.3) is 0 Å². The third-order valence-corrected chi connectivity index (χ3v) is 5.65. The summed E-state index contributed by atoms with van der Waals surface area (Å²) in [5.41, 5.74) is 1.26. The highest BCUT2D eigenvalue weighted by molar-refractivity contribution is 9.10. The Morgan fingerprint density at radius 2 is 2.11 bits per heavy atom. The highest BCUT2D eigenvalue weighted by Gasteiger charge is 2.33. The third kappa shape index (κ3) is 2.79. The van der Waals surface area contributed by atoms with Gasteiger partial charge in [0.15, 0.2) is 0 Å². The second kappa shape index (κ2) is 5.63. The number of anilines is 1. The number of benzene rings is 1. The van der Waals surface area contributed by atoms with Crippen molar-refractivity contribution in [2.75, 3.05) is 24.5 Å². The summed E-state index contributed by atoms with van der Waals surface area (Å²) >= 11 is 9.70. The molecule has 2 heterocycles. The number of fused-ring (bicyclic) bond motifs is 1. The van der Waals surface area contributed by atoms with E-state index in [-0.39, 0.29) is 0 Å². The van der Waals surface area contributed by atoms with Gasteiger partial charge in [0.1, 0.15) is 0 Å². The highest BCUT2D eigenvalue weighted by atomic mass is 79.9. The van der Waals surface area contributed by atoms with Gasteiger partial charge in [-0.25, -0.2) is 0 Å². The molecule has 104 valence electrons. The standard InChI is InChI=1S/C15H20BrClN2/c1-11-9-18-7-3-2-4-13(18)10-19(11)12-5-6-14(16)15(17)8-12/h5-6,8,11,13H,2-4,7,9-10H2,1H3. The molecular formula is C15H20BrClN2. The summed E-state index contributed by atoms with van der Waals surface area (Å²) in [7, 11) is 0. The Morgan fingerprint density at radius 1 is 1.26 bits per heavy atom. The monoisotopic (exact) mass is 342 g/mol. The van der Waals surface area contributed by atoms with Crippen molar-refractivity contribution in [3.05, 3.63) is 27.7 Å². The molecule has 0 aliphatic carbocycles. The zero-order chi connectivity index (χ0) is 13.4. The van der Waals surface area contributed by atoms with Gasteiger partial charge in [-0.05, 0) is 60.4 Å². The summed E-state index contributed by atoms with van der Waals surface area (Å²) in [6.45, 7) is 5.92. The van der Waals surface area contributed by atoms with Gasteiger partial charge in [0.2, 0.25) is 0 Å². The molecule has 0 radical (unpaired) electrons. The fourth-order valence-electron chi connectivity index (χ4n) is 3.38. The first kappa shape index (κ1) is 13.7. The van der Waals surface area contributed by atoms with Gasteiger partial charge in [-0.3, -0.25) is 4.90 Å². The van der Waals surface area contributed by atoms with E-state index in [9.17, 15) is 0 Å². The molecule has 1 aromatic carbocycles. The number of piperidine rings is 1. The lowest BCUT2D eigenvalue weighted by Gasteiger charge is -2.48. The van der Waals surface area contributed by atoms with E-state index in [0.29, 0.717) is 6.04 Å². The summed E-state index contributed by atoms with van der Waals surface area (Å²) in [5.74, 6) is 0. The molecule has 2 aliphatic heterocycles. The van der Waals surface area contributed by atoms with E-state index in [1.807, 2.05) is 0 Å². The van der Waals surface area contributed by atoms with Crippen molar-refractivity contribution in [1.82, 2.24) is 4.90 Å². The van der Waals surface area contributed by atoms with Crippen molar-refractivity contribution in [3.63, 3.8) is 0 Å². The van der Waals surface area contributed by atoms with Crippen LogP contribution in [0.4, 0.5) is 5.69 Å². The number of rotatable bonds is 1. The first-order valence-electron chi connectivity index (χ1n) is 7.11. The molecule has 4 heteroatoms. The fourth-order valence-corrected chi connectivity index (χ4v) is 3.80. The van der Waals surface area contributed by atoms with Crippen molar-refractivity contribution in [1.29, 1.82) is 0 Å². The molecule has 2 nitrogen and oxygen atoms in total. The second-order valence-corrected chi connectivity index (χ2v) is 7.01. The Labute approximate surface area is 128 Å². The smallest absolute Gasteiger partial charge is 0.0568 e. The summed E-state index contributed by atoms with van der Waals surface area (Å²) in [4.78, 5) is 5.19. The largest absolute Gasteiger partial charge is 0.366 e. The van der Waals surface area contributed by atoms with Gasteiger partial charge in [0, 0.05) is 35.3 Å². The minimum absolute atomic E-state index is 0.562. The zero-order valence-corrected chi connectivity index (χ0v) is 13.6.